The molecule has 0 spiro atoms. The summed E-state index contributed by atoms with van der Waals surface area (Å²) in [6.45, 7) is 2.94. The zero-order valence-electron chi connectivity index (χ0n) is 14.6. The van der Waals surface area contributed by atoms with Gasteiger partial charge in [0, 0.05) is 25.8 Å². The van der Waals surface area contributed by atoms with Gasteiger partial charge in [-0.1, -0.05) is 5.57 Å². The number of methoxy groups -OCH3 is 1. The van der Waals surface area contributed by atoms with Crippen molar-refractivity contribution in [1.82, 2.24) is 0 Å². The van der Waals surface area contributed by atoms with Gasteiger partial charge in [-0.05, 0) is 56.7 Å². The number of benzene rings is 1. The van der Waals surface area contributed by atoms with Gasteiger partial charge in [0.2, 0.25) is 0 Å². The zero-order chi connectivity index (χ0) is 18.8. The molecule has 0 amide bonds. The highest BCUT2D eigenvalue weighted by Gasteiger charge is 2.17. The molecule has 0 saturated carbocycles. The predicted molar refractivity (Wildman–Crippen MR) is 93.7 cm³/mol. The van der Waals surface area contributed by atoms with Crippen molar-refractivity contribution in [3.8, 4) is 0 Å². The molecule has 138 valence electrons. The molecule has 25 heavy (non-hydrogen) atoms. The van der Waals surface area contributed by atoms with E-state index in [1.54, 1.807) is 7.11 Å². The number of hydrogen-bond donors (Lipinski definition) is 2. The first-order chi connectivity index (χ1) is 11.9. The Hall–Kier alpha value is -2.25. The van der Waals surface area contributed by atoms with Gasteiger partial charge < -0.3 is 14.9 Å². The van der Waals surface area contributed by atoms with Crippen molar-refractivity contribution in [2.24, 2.45) is 0 Å². The number of non-ortho nitro benzene ring substituents is 1. The maximum absolute atomic E-state index is 10.3. The third kappa shape index (κ3) is 7.03. The van der Waals surface area contributed by atoms with Gasteiger partial charge in [-0.2, -0.15) is 0 Å². The van der Waals surface area contributed by atoms with Crippen molar-refractivity contribution in [2.45, 2.75) is 45.1 Å². The number of rotatable bonds is 6. The number of nitro groups is 1. The molecular formula is C18H25NO6. The van der Waals surface area contributed by atoms with Crippen LogP contribution in [0.1, 0.15) is 49.4 Å². The summed E-state index contributed by atoms with van der Waals surface area (Å²) >= 11 is 0. The van der Waals surface area contributed by atoms with Crippen molar-refractivity contribution in [2.75, 3.05) is 13.7 Å². The largest absolute Gasteiger partial charge is 0.478 e. The monoisotopic (exact) mass is 351 g/mol. The lowest BCUT2D eigenvalue weighted by atomic mass is 9.88. The van der Waals surface area contributed by atoms with Gasteiger partial charge in [0.05, 0.1) is 16.6 Å². The molecule has 1 unspecified atom stereocenters. The number of allylic oxidation sites excluding steroid dienone is 1. The maximum Gasteiger partial charge on any atom is 0.335 e. The van der Waals surface area contributed by atoms with E-state index < -0.39 is 10.9 Å². The Balaban J connectivity index is 0.000000251. The van der Waals surface area contributed by atoms with Gasteiger partial charge in [-0.3, -0.25) is 10.1 Å². The number of aromatic carboxylic acids is 1. The van der Waals surface area contributed by atoms with Gasteiger partial charge in [-0.25, -0.2) is 4.79 Å². The smallest absolute Gasteiger partial charge is 0.335 e. The molecule has 1 aromatic rings. The highest BCUT2D eigenvalue weighted by Crippen LogP contribution is 2.27. The summed E-state index contributed by atoms with van der Waals surface area (Å²) in [5.41, 5.74) is 2.60. The lowest BCUT2D eigenvalue weighted by Crippen LogP contribution is -2.16. The Kier molecular flexibility index (Phi) is 8.80. The van der Waals surface area contributed by atoms with Crippen LogP contribution in [0.25, 0.3) is 0 Å². The van der Waals surface area contributed by atoms with Crippen LogP contribution in [0.2, 0.25) is 0 Å². The van der Waals surface area contributed by atoms with Crippen LogP contribution in [0.15, 0.2) is 35.4 Å². The van der Waals surface area contributed by atoms with Crippen molar-refractivity contribution < 1.29 is 24.7 Å². The summed E-state index contributed by atoms with van der Waals surface area (Å²) in [5, 5.41) is 28.3. The zero-order valence-corrected chi connectivity index (χ0v) is 14.6. The SMILES string of the molecule is COCCCC1=C(C)CCCC1O.O=C(O)c1ccc([N+](=O)[O-])cc1. The summed E-state index contributed by atoms with van der Waals surface area (Å²) in [5.74, 6) is -1.09. The average molecular weight is 351 g/mol. The highest BCUT2D eigenvalue weighted by atomic mass is 16.6. The molecule has 0 aromatic heterocycles. The Morgan fingerprint density at radius 2 is 2.00 bits per heavy atom. The number of ether oxygens (including phenoxy) is 1. The number of nitrogens with zero attached hydrogens (tertiary/aromatic N) is 1. The van der Waals surface area contributed by atoms with Crippen LogP contribution in [-0.4, -0.2) is 40.9 Å². The van der Waals surface area contributed by atoms with E-state index in [1.807, 2.05) is 0 Å². The number of carbonyl (C=O) groups is 1. The Labute approximate surface area is 147 Å². The second kappa shape index (κ2) is 10.6. The number of carboxylic acid groups (broad SMARTS) is 1. The van der Waals surface area contributed by atoms with E-state index in [2.05, 4.69) is 6.92 Å². The van der Waals surface area contributed by atoms with Crippen LogP contribution in [0, 0.1) is 10.1 Å². The average Bonchev–Trinajstić information content (AvgIpc) is 2.58. The number of aliphatic hydroxyl groups is 1. The molecule has 1 aliphatic rings. The number of carboxylic acids is 1. The molecule has 0 aliphatic heterocycles. The minimum Gasteiger partial charge on any atom is -0.478 e. The lowest BCUT2D eigenvalue weighted by Gasteiger charge is -2.23. The van der Waals surface area contributed by atoms with Gasteiger partial charge >= 0.3 is 5.97 Å². The number of hydrogen-bond acceptors (Lipinski definition) is 5. The molecule has 0 radical (unpaired) electrons. The molecule has 0 bridgehead atoms. The molecular weight excluding hydrogens is 326 g/mol. The van der Waals surface area contributed by atoms with Crippen LogP contribution >= 0.6 is 0 Å². The maximum atomic E-state index is 10.3. The molecule has 1 atom stereocenters. The standard InChI is InChI=1S/C11H20O2.C7H5NO4/c1-9-5-3-7-11(12)10(9)6-4-8-13-2;9-7(10)5-1-3-6(4-2-5)8(11)12/h11-12H,3-8H2,1-2H3;1-4H,(H,9,10). The normalized spacial score (nSPS) is 16.8. The van der Waals surface area contributed by atoms with Crippen LogP contribution in [0.5, 0.6) is 0 Å². The van der Waals surface area contributed by atoms with Gasteiger partial charge in [0.1, 0.15) is 0 Å². The second-order valence-corrected chi connectivity index (χ2v) is 5.92. The highest BCUT2D eigenvalue weighted by molar-refractivity contribution is 5.87. The molecule has 7 heteroatoms. The van der Waals surface area contributed by atoms with Crippen LogP contribution in [0.3, 0.4) is 0 Å². The van der Waals surface area contributed by atoms with E-state index in [0.717, 1.165) is 44.4 Å². The third-order valence-electron chi connectivity index (χ3n) is 4.10. The van der Waals surface area contributed by atoms with E-state index in [1.165, 1.54) is 29.7 Å². The third-order valence-corrected chi connectivity index (χ3v) is 4.10. The summed E-state index contributed by atoms with van der Waals surface area (Å²) in [6.07, 6.45) is 5.10. The van der Waals surface area contributed by atoms with E-state index in [-0.39, 0.29) is 17.4 Å². The van der Waals surface area contributed by atoms with E-state index in [9.17, 15) is 20.0 Å². The summed E-state index contributed by atoms with van der Waals surface area (Å²) in [7, 11) is 1.72. The summed E-state index contributed by atoms with van der Waals surface area (Å²) < 4.78 is 5.00. The van der Waals surface area contributed by atoms with Gasteiger partial charge in [0.25, 0.3) is 5.69 Å². The lowest BCUT2D eigenvalue weighted by molar-refractivity contribution is -0.384. The van der Waals surface area contributed by atoms with Gasteiger partial charge in [-0.15, -0.1) is 0 Å². The molecule has 0 heterocycles. The first-order valence-corrected chi connectivity index (χ1v) is 8.20. The second-order valence-electron chi connectivity index (χ2n) is 5.92. The fraction of sp³-hybridized carbons (Fsp3) is 0.500. The Bertz CT molecular complexity index is 575. The topological polar surface area (TPSA) is 110 Å². The Morgan fingerprint density at radius 1 is 1.36 bits per heavy atom. The van der Waals surface area contributed by atoms with Crippen LogP contribution in [-0.2, 0) is 4.74 Å². The Morgan fingerprint density at radius 3 is 2.48 bits per heavy atom. The van der Waals surface area contributed by atoms with E-state index in [0.29, 0.717) is 0 Å². The molecule has 1 aromatic carbocycles. The first-order valence-electron chi connectivity index (χ1n) is 8.20. The number of nitro benzene ring substituents is 1. The fourth-order valence-corrected chi connectivity index (χ4v) is 2.69. The fourth-order valence-electron chi connectivity index (χ4n) is 2.69. The minimum atomic E-state index is -1.09. The van der Waals surface area contributed by atoms with Crippen molar-refractivity contribution >= 4 is 11.7 Å². The molecule has 0 saturated heterocycles. The van der Waals surface area contributed by atoms with E-state index >= 15 is 0 Å². The number of aliphatic hydroxyl groups excluding tert-OH is 1. The van der Waals surface area contributed by atoms with Crippen molar-refractivity contribution in [3.63, 3.8) is 0 Å². The van der Waals surface area contributed by atoms with Crippen LogP contribution < -0.4 is 0 Å². The summed E-state index contributed by atoms with van der Waals surface area (Å²) in [6, 6.07) is 4.70. The predicted octanol–water partition coefficient (Wildman–Crippen LogP) is 3.57. The first kappa shape index (κ1) is 20.8. The summed E-state index contributed by atoms with van der Waals surface area (Å²) in [4.78, 5) is 19.9. The van der Waals surface area contributed by atoms with Crippen molar-refractivity contribution in [1.29, 1.82) is 0 Å². The van der Waals surface area contributed by atoms with Gasteiger partial charge in [0.15, 0.2) is 0 Å². The van der Waals surface area contributed by atoms with Crippen LogP contribution in [0.4, 0.5) is 5.69 Å². The van der Waals surface area contributed by atoms with Crippen molar-refractivity contribution in [3.05, 3.63) is 51.1 Å². The van der Waals surface area contributed by atoms with E-state index in [4.69, 9.17) is 9.84 Å². The molecule has 2 N–H and O–H groups in total. The minimum absolute atomic E-state index is 0.0422. The molecule has 2 rings (SSSR count). The molecule has 7 nitrogen and oxygen atoms in total. The molecule has 1 aliphatic carbocycles. The molecule has 0 fully saturated rings. The quantitative estimate of drug-likeness (QED) is 0.351.